The summed E-state index contributed by atoms with van der Waals surface area (Å²) in [7, 11) is -14.3. The predicted molar refractivity (Wildman–Crippen MR) is 328 cm³/mol. The number of nitrogens with two attached hydrogens (primary N) is 1. The van der Waals surface area contributed by atoms with Crippen molar-refractivity contribution in [3.05, 3.63) is 86.8 Å². The van der Waals surface area contributed by atoms with Crippen LogP contribution < -0.4 is 32.6 Å². The second-order valence-corrected chi connectivity index (χ2v) is 27.8. The molecule has 4 heterocycles. The van der Waals surface area contributed by atoms with Gasteiger partial charge in [0.1, 0.15) is 29.6 Å². The van der Waals surface area contributed by atoms with Crippen LogP contribution in [0.4, 0.5) is 11.6 Å². The number of nitrogens with zero attached hydrogens (tertiary/aromatic N) is 4. The number of aromatic carboxylic acids is 1. The number of rotatable bonds is 36. The molecule has 1 saturated heterocycles. The van der Waals surface area contributed by atoms with Gasteiger partial charge in [0.25, 0.3) is 11.5 Å². The van der Waals surface area contributed by atoms with Gasteiger partial charge in [0, 0.05) is 83.7 Å². The van der Waals surface area contributed by atoms with Gasteiger partial charge in [-0.05, 0) is 82.5 Å². The van der Waals surface area contributed by atoms with Gasteiger partial charge in [-0.25, -0.2) is 23.5 Å². The summed E-state index contributed by atoms with van der Waals surface area (Å²) < 4.78 is 89.5. The number of carbonyl (C=O) groups is 3. The van der Waals surface area contributed by atoms with Crippen molar-refractivity contribution < 1.29 is 98.7 Å². The molecule has 2 aromatic heterocycles. The minimum absolute atomic E-state index is 0.00421. The lowest BCUT2D eigenvalue weighted by Gasteiger charge is -2.24. The van der Waals surface area contributed by atoms with Crippen molar-refractivity contribution in [3.63, 3.8) is 0 Å². The number of aromatic amines is 1. The van der Waals surface area contributed by atoms with Crippen molar-refractivity contribution in [1.82, 2.24) is 30.2 Å². The number of amides is 2. The molecule has 89 heavy (non-hydrogen) atoms. The Kier molecular flexibility index (Phi) is 25.5. The molecule has 0 saturated carbocycles. The second-order valence-electron chi connectivity index (χ2n) is 20.4. The Morgan fingerprint density at radius 1 is 0.888 bits per heavy atom. The maximum absolute atomic E-state index is 13.3. The van der Waals surface area contributed by atoms with E-state index in [1.807, 2.05) is 65.8 Å². The zero-order valence-corrected chi connectivity index (χ0v) is 53.7. The first-order chi connectivity index (χ1) is 42.2. The molecule has 0 spiro atoms. The Bertz CT molecular complexity index is 3720. The molecule has 0 bridgehead atoms. The van der Waals surface area contributed by atoms with Gasteiger partial charge in [0.05, 0.1) is 82.8 Å². The number of hydrogen-bond acceptors (Lipinski definition) is 24. The van der Waals surface area contributed by atoms with E-state index in [1.54, 1.807) is 12.1 Å². The van der Waals surface area contributed by atoms with E-state index in [1.165, 1.54) is 38.5 Å². The smallest absolute Gasteiger partial charge is 0.478 e. The van der Waals surface area contributed by atoms with Crippen molar-refractivity contribution in [2.75, 3.05) is 103 Å². The molecule has 5 atom stereocenters. The largest absolute Gasteiger partial charge is 0.490 e. The fourth-order valence-corrected chi connectivity index (χ4v) is 14.3. The standard InChI is InChI=1S/C53H72N9O22P3S2/c1-7-55-38-24-40-36(21-31(38)3)46(37-22-32(4)39(56-8-2)25-41(37)81-40)34-10-9-33(23-35(34)51(66)67)49(64)57-12-14-76-16-18-78-20-19-77-17-15-75-13-11-44(63)58-28-53(5,6)89-88-30-79-42-26-45(62-29-59-47-48(62)60-52(54)61-50(47)65)82-43(42)27-80-86(71,72)84-87(73,74)83-85(68,69)70/h9-10,21-25,29,42-43,45,55H,7-8,11-20,26-28,30H2,1-6H3,(H,57,64)(H,58,63)(H,66,67)(H,71,72)(H,73,74)(H2,68,69,70)(H3,54,60,61,65)/t42?,43-,45-/m1/s1. The third-order valence-electron chi connectivity index (χ3n) is 13.1. The van der Waals surface area contributed by atoms with E-state index in [9.17, 15) is 47.8 Å². The van der Waals surface area contributed by atoms with Crippen LogP contribution in [0.2, 0.25) is 0 Å². The first-order valence-corrected chi connectivity index (χ1v) is 34.6. The molecule has 3 unspecified atom stereocenters. The van der Waals surface area contributed by atoms with Crippen LogP contribution in [-0.4, -0.2) is 171 Å². The van der Waals surface area contributed by atoms with E-state index in [-0.39, 0.29) is 119 Å². The Morgan fingerprint density at radius 3 is 2.26 bits per heavy atom. The Balaban J connectivity index is 0.752. The lowest BCUT2D eigenvalue weighted by molar-refractivity contribution is -0.122. The summed E-state index contributed by atoms with van der Waals surface area (Å²) in [6, 6.07) is 12.4. The number of carboxylic acids is 1. The van der Waals surface area contributed by atoms with Gasteiger partial charge in [-0.2, -0.15) is 13.6 Å². The number of anilines is 2. The van der Waals surface area contributed by atoms with Gasteiger partial charge in [-0.1, -0.05) is 27.7 Å². The lowest BCUT2D eigenvalue weighted by atomic mass is 9.88. The molecule has 11 N–H and O–H groups in total. The summed E-state index contributed by atoms with van der Waals surface area (Å²) >= 11 is 0. The monoisotopic (exact) mass is 1340 g/mol. The van der Waals surface area contributed by atoms with Crippen LogP contribution in [0.3, 0.4) is 0 Å². The lowest BCUT2D eigenvalue weighted by Crippen LogP contribution is -2.36. The Labute approximate surface area is 517 Å². The molecular formula is C53H72N9O22P3S2. The molecule has 2 aromatic carbocycles. The summed E-state index contributed by atoms with van der Waals surface area (Å²) in [5, 5.41) is 21.1. The molecule has 7 rings (SSSR count). The predicted octanol–water partition coefficient (Wildman–Crippen LogP) is 6.02. The van der Waals surface area contributed by atoms with E-state index in [2.05, 4.69) is 44.5 Å². The van der Waals surface area contributed by atoms with E-state index < -0.39 is 70.7 Å². The summed E-state index contributed by atoms with van der Waals surface area (Å²) in [6.07, 6.45) is -1.66. The van der Waals surface area contributed by atoms with Crippen LogP contribution in [0.1, 0.15) is 78.6 Å². The normalized spacial score (nSPS) is 17.1. The topological polar surface area (TPSA) is 438 Å². The first kappa shape index (κ1) is 70.8. The minimum atomic E-state index is -5.79. The molecule has 4 aromatic rings. The van der Waals surface area contributed by atoms with Crippen molar-refractivity contribution in [1.29, 1.82) is 0 Å². The number of carbonyl (C=O) groups excluding carboxylic acids is 2. The quantitative estimate of drug-likeness (QED) is 0.00706. The van der Waals surface area contributed by atoms with Crippen LogP contribution in [-0.2, 0) is 60.1 Å². The summed E-state index contributed by atoms with van der Waals surface area (Å²) in [4.78, 5) is 104. The van der Waals surface area contributed by atoms with Crippen LogP contribution in [0.15, 0.2) is 63.0 Å². The molecule has 488 valence electrons. The third kappa shape index (κ3) is 20.7. The summed E-state index contributed by atoms with van der Waals surface area (Å²) in [6.45, 7) is 14.5. The van der Waals surface area contributed by atoms with Gasteiger partial charge in [0.2, 0.25) is 11.9 Å². The van der Waals surface area contributed by atoms with Crippen molar-refractivity contribution in [2.24, 2.45) is 4.99 Å². The van der Waals surface area contributed by atoms with Gasteiger partial charge in [-0.15, -0.1) is 0 Å². The molecule has 2 amide bonds. The van der Waals surface area contributed by atoms with Crippen molar-refractivity contribution in [2.45, 2.75) is 77.6 Å². The number of ether oxygens (including phenoxy) is 6. The average Bonchev–Trinajstić information content (AvgIpc) is 1.77. The van der Waals surface area contributed by atoms with Gasteiger partial charge >= 0.3 is 29.4 Å². The van der Waals surface area contributed by atoms with Crippen molar-refractivity contribution >= 4 is 96.6 Å². The molecule has 2 aliphatic heterocycles. The van der Waals surface area contributed by atoms with E-state index in [0.29, 0.717) is 35.6 Å². The summed E-state index contributed by atoms with van der Waals surface area (Å²) in [5.41, 5.74) is 10.4. The number of benzene rings is 3. The zero-order valence-electron chi connectivity index (χ0n) is 49.4. The number of carboxylic acid groups (broad SMARTS) is 1. The van der Waals surface area contributed by atoms with Crippen LogP contribution >= 0.6 is 45.1 Å². The fraction of sp³-hybridized carbons (Fsp3) is 0.491. The number of aryl methyl sites for hydroxylation is 2. The average molecular weight is 1340 g/mol. The first-order valence-electron chi connectivity index (χ1n) is 27.7. The molecule has 1 fully saturated rings. The maximum atomic E-state index is 13.3. The Hall–Kier alpha value is -5.64. The van der Waals surface area contributed by atoms with E-state index >= 15 is 0 Å². The molecule has 1 aliphatic carbocycles. The van der Waals surface area contributed by atoms with E-state index in [4.69, 9.17) is 52.9 Å². The number of imidazole rings is 1. The molecule has 3 aliphatic rings. The number of phosphoric acid groups is 3. The second kappa shape index (κ2) is 32.1. The van der Waals surface area contributed by atoms with Crippen LogP contribution in [0.5, 0.6) is 0 Å². The zero-order chi connectivity index (χ0) is 64.7. The molecular weight excluding hydrogens is 1270 g/mol. The number of hydrogen-bond donors (Lipinski definition) is 10. The van der Waals surface area contributed by atoms with Gasteiger partial charge in [0.15, 0.2) is 11.2 Å². The number of nitrogens with one attached hydrogen (secondary N) is 4. The number of nitrogen functional groups attached to an aromatic ring is 1. The number of H-pyrrole nitrogens is 1. The minimum Gasteiger partial charge on any atom is -0.478 e. The number of aromatic nitrogens is 4. The van der Waals surface area contributed by atoms with E-state index in [0.717, 1.165) is 33.1 Å². The fourth-order valence-electron chi connectivity index (χ4n) is 9.10. The van der Waals surface area contributed by atoms with Crippen LogP contribution in [0, 0.1) is 13.8 Å². The number of phosphoric ester groups is 1. The molecule has 0 radical (unpaired) electrons. The third-order valence-corrected chi connectivity index (χ3v) is 19.8. The molecule has 36 heteroatoms. The highest BCUT2D eigenvalue weighted by Gasteiger charge is 2.44. The van der Waals surface area contributed by atoms with Gasteiger partial charge < -0.3 is 79.2 Å². The number of fused-ring (bicyclic) bond motifs is 3. The summed E-state index contributed by atoms with van der Waals surface area (Å²) in [5.74, 6) is -1.55. The highest BCUT2D eigenvalue weighted by molar-refractivity contribution is 8.77. The highest BCUT2D eigenvalue weighted by Crippen LogP contribution is 2.66. The van der Waals surface area contributed by atoms with Crippen molar-refractivity contribution in [3.8, 4) is 22.5 Å². The SMILES string of the molecule is CCN=c1cc2oc3cc(NCC)c(C)cc3c(-c3ccc(C(=O)NCCOCCOCCOCCOCCC(=O)NCC(C)(C)SSCOC4C[C@H](n5cnc6c(=O)[nH]c(N)nc65)O[C@@H]4COP(=O)(O)OP(=O)(O)OP(=O)(O)O)cc3C(=O)O)c-2cc1C. The Morgan fingerprint density at radius 2 is 1.58 bits per heavy atom. The maximum Gasteiger partial charge on any atom is 0.490 e. The van der Waals surface area contributed by atoms with Crippen LogP contribution in [0.25, 0.3) is 44.6 Å². The molecule has 31 nitrogen and oxygen atoms in total. The van der Waals surface area contributed by atoms with Gasteiger partial charge in [-0.3, -0.25) is 33.5 Å². The highest BCUT2D eigenvalue weighted by atomic mass is 33.1.